The zero-order chi connectivity index (χ0) is 19.6. The van der Waals surface area contributed by atoms with E-state index in [4.69, 9.17) is 16.1 Å². The number of hydrogen-bond acceptors (Lipinski definition) is 6. The second-order valence-electron chi connectivity index (χ2n) is 5.37. The molecule has 0 spiro atoms. The van der Waals surface area contributed by atoms with Crippen LogP contribution in [0.1, 0.15) is 11.5 Å². The van der Waals surface area contributed by atoms with Gasteiger partial charge in [-0.2, -0.15) is 18.2 Å². The number of nitro groups is 1. The van der Waals surface area contributed by atoms with Crippen LogP contribution in [0, 0.1) is 10.1 Å². The minimum absolute atomic E-state index is 0.0000123. The van der Waals surface area contributed by atoms with Crippen molar-refractivity contribution in [3.8, 4) is 11.4 Å². The lowest BCUT2D eigenvalue weighted by atomic mass is 10.1. The summed E-state index contributed by atoms with van der Waals surface area (Å²) >= 11 is 5.73. The number of halogens is 4. The molecule has 0 radical (unpaired) electrons. The summed E-state index contributed by atoms with van der Waals surface area (Å²) in [5.41, 5.74) is -0.540. The van der Waals surface area contributed by atoms with Crippen LogP contribution in [0.3, 0.4) is 0 Å². The van der Waals surface area contributed by atoms with Gasteiger partial charge in [-0.1, -0.05) is 28.9 Å². The van der Waals surface area contributed by atoms with E-state index in [9.17, 15) is 23.3 Å². The Labute approximate surface area is 154 Å². The summed E-state index contributed by atoms with van der Waals surface area (Å²) in [6, 6.07) is 8.68. The summed E-state index contributed by atoms with van der Waals surface area (Å²) < 4.78 is 43.4. The highest BCUT2D eigenvalue weighted by atomic mass is 35.5. The predicted molar refractivity (Wildman–Crippen MR) is 90.2 cm³/mol. The maximum atomic E-state index is 12.8. The summed E-state index contributed by atoms with van der Waals surface area (Å²) in [4.78, 5) is 14.3. The molecular formula is C16H10ClF3N4O3. The van der Waals surface area contributed by atoms with Gasteiger partial charge in [0, 0.05) is 17.3 Å². The summed E-state index contributed by atoms with van der Waals surface area (Å²) in [6.45, 7) is 0.0186. The van der Waals surface area contributed by atoms with E-state index in [0.29, 0.717) is 5.69 Å². The number of nitrogens with one attached hydrogen (secondary N) is 1. The molecule has 0 bridgehead atoms. The van der Waals surface area contributed by atoms with Crippen molar-refractivity contribution in [1.29, 1.82) is 0 Å². The Morgan fingerprint density at radius 3 is 2.70 bits per heavy atom. The molecule has 0 saturated carbocycles. The van der Waals surface area contributed by atoms with E-state index in [1.807, 2.05) is 0 Å². The van der Waals surface area contributed by atoms with Crippen molar-refractivity contribution in [2.45, 2.75) is 12.7 Å². The maximum absolute atomic E-state index is 12.8. The zero-order valence-corrected chi connectivity index (χ0v) is 14.1. The number of hydrogen-bond donors (Lipinski definition) is 1. The molecule has 140 valence electrons. The van der Waals surface area contributed by atoms with Crippen molar-refractivity contribution in [1.82, 2.24) is 10.1 Å². The fourth-order valence-electron chi connectivity index (χ4n) is 2.22. The van der Waals surface area contributed by atoms with Gasteiger partial charge in [0.05, 0.1) is 17.0 Å². The monoisotopic (exact) mass is 398 g/mol. The smallest absolute Gasteiger partial charge is 0.376 e. The van der Waals surface area contributed by atoms with Crippen molar-refractivity contribution >= 4 is 23.0 Å². The number of alkyl halides is 3. The normalized spacial score (nSPS) is 11.4. The van der Waals surface area contributed by atoms with Crippen LogP contribution in [0.4, 0.5) is 24.5 Å². The molecule has 1 aromatic heterocycles. The highest BCUT2D eigenvalue weighted by Crippen LogP contribution is 2.31. The van der Waals surface area contributed by atoms with Crippen LogP contribution in [0.2, 0.25) is 5.02 Å². The largest absolute Gasteiger partial charge is 0.416 e. The molecule has 0 fully saturated rings. The summed E-state index contributed by atoms with van der Waals surface area (Å²) in [5, 5.41) is 17.4. The zero-order valence-electron chi connectivity index (χ0n) is 13.3. The Hall–Kier alpha value is -3.14. The first-order chi connectivity index (χ1) is 12.7. The first kappa shape index (κ1) is 18.6. The van der Waals surface area contributed by atoms with E-state index < -0.39 is 16.7 Å². The fourth-order valence-corrected chi connectivity index (χ4v) is 2.41. The van der Waals surface area contributed by atoms with Gasteiger partial charge in [-0.15, -0.1) is 0 Å². The van der Waals surface area contributed by atoms with Gasteiger partial charge in [0.25, 0.3) is 5.69 Å². The Morgan fingerprint density at radius 2 is 2.00 bits per heavy atom. The van der Waals surface area contributed by atoms with Gasteiger partial charge in [-0.05, 0) is 24.3 Å². The molecule has 0 unspecified atom stereocenters. The minimum atomic E-state index is -4.48. The minimum Gasteiger partial charge on any atom is -0.376 e. The quantitative estimate of drug-likeness (QED) is 0.483. The fraction of sp³-hybridized carbons (Fsp3) is 0.125. The number of rotatable bonds is 5. The molecule has 11 heteroatoms. The molecule has 1 N–H and O–H groups in total. The molecule has 3 rings (SSSR count). The van der Waals surface area contributed by atoms with Gasteiger partial charge >= 0.3 is 6.18 Å². The SMILES string of the molecule is O=[N+]([O-])c1cc(NCc2nc(-c3cccc(C(F)(F)F)c3)no2)ccc1Cl. The molecule has 1 heterocycles. The number of aromatic nitrogens is 2. The first-order valence-electron chi connectivity index (χ1n) is 7.42. The number of anilines is 1. The molecule has 0 aliphatic heterocycles. The van der Waals surface area contributed by atoms with Crippen molar-refractivity contribution in [2.24, 2.45) is 0 Å². The maximum Gasteiger partial charge on any atom is 0.416 e. The van der Waals surface area contributed by atoms with Crippen LogP contribution < -0.4 is 5.32 Å². The molecule has 0 atom stereocenters. The van der Waals surface area contributed by atoms with Crippen molar-refractivity contribution in [3.63, 3.8) is 0 Å². The standard InChI is InChI=1S/C16H10ClF3N4O3/c17-12-5-4-11(7-13(12)24(25)26)21-8-14-22-15(23-27-14)9-2-1-3-10(6-9)16(18,19)20/h1-7,21H,8H2. The highest BCUT2D eigenvalue weighted by molar-refractivity contribution is 6.32. The van der Waals surface area contributed by atoms with Crippen LogP contribution in [0.25, 0.3) is 11.4 Å². The topological polar surface area (TPSA) is 94.1 Å². The molecule has 7 nitrogen and oxygen atoms in total. The van der Waals surface area contributed by atoms with Gasteiger partial charge < -0.3 is 9.84 Å². The Balaban J connectivity index is 1.74. The molecule has 2 aromatic carbocycles. The van der Waals surface area contributed by atoms with Gasteiger partial charge in [-0.3, -0.25) is 10.1 Å². The lowest BCUT2D eigenvalue weighted by Gasteiger charge is -2.06. The van der Waals surface area contributed by atoms with E-state index >= 15 is 0 Å². The average Bonchev–Trinajstić information content (AvgIpc) is 3.09. The van der Waals surface area contributed by atoms with Crippen LogP contribution in [-0.2, 0) is 12.7 Å². The lowest BCUT2D eigenvalue weighted by molar-refractivity contribution is -0.384. The predicted octanol–water partition coefficient (Wildman–Crippen LogP) is 4.93. The Bertz CT molecular complexity index is 991. The van der Waals surface area contributed by atoms with E-state index in [2.05, 4.69) is 15.5 Å². The third-order valence-electron chi connectivity index (χ3n) is 3.50. The van der Waals surface area contributed by atoms with Crippen LogP contribution in [-0.4, -0.2) is 15.1 Å². The Kier molecular flexibility index (Phi) is 5.00. The molecule has 27 heavy (non-hydrogen) atoms. The van der Waals surface area contributed by atoms with Crippen molar-refractivity contribution < 1.29 is 22.6 Å². The van der Waals surface area contributed by atoms with Gasteiger partial charge in [-0.25, -0.2) is 0 Å². The molecule has 0 saturated heterocycles. The third-order valence-corrected chi connectivity index (χ3v) is 3.82. The number of nitrogens with zero attached hydrogens (tertiary/aromatic N) is 3. The summed E-state index contributed by atoms with van der Waals surface area (Å²) in [5.74, 6) is 0.0972. The average molecular weight is 399 g/mol. The summed E-state index contributed by atoms with van der Waals surface area (Å²) in [7, 11) is 0. The Morgan fingerprint density at radius 1 is 1.22 bits per heavy atom. The van der Waals surface area contributed by atoms with Crippen LogP contribution in [0.5, 0.6) is 0 Å². The number of nitro benzene ring substituents is 1. The van der Waals surface area contributed by atoms with E-state index in [-0.39, 0.29) is 34.5 Å². The molecule has 0 aliphatic carbocycles. The molecule has 0 aliphatic rings. The van der Waals surface area contributed by atoms with E-state index in [0.717, 1.165) is 12.1 Å². The van der Waals surface area contributed by atoms with Crippen LogP contribution >= 0.6 is 11.6 Å². The molecule has 3 aromatic rings. The van der Waals surface area contributed by atoms with E-state index in [1.54, 1.807) is 0 Å². The van der Waals surface area contributed by atoms with Gasteiger partial charge in [0.2, 0.25) is 11.7 Å². The number of benzene rings is 2. The third kappa shape index (κ3) is 4.34. The highest BCUT2D eigenvalue weighted by Gasteiger charge is 2.30. The molecule has 0 amide bonds. The lowest BCUT2D eigenvalue weighted by Crippen LogP contribution is -2.04. The molecular weight excluding hydrogens is 389 g/mol. The second kappa shape index (κ2) is 7.23. The second-order valence-corrected chi connectivity index (χ2v) is 5.77. The van der Waals surface area contributed by atoms with Crippen molar-refractivity contribution in [3.05, 3.63) is 69.1 Å². The first-order valence-corrected chi connectivity index (χ1v) is 7.80. The van der Waals surface area contributed by atoms with Gasteiger partial charge in [0.1, 0.15) is 5.02 Å². The van der Waals surface area contributed by atoms with E-state index in [1.165, 1.54) is 30.3 Å². The van der Waals surface area contributed by atoms with Crippen molar-refractivity contribution in [2.75, 3.05) is 5.32 Å². The summed E-state index contributed by atoms with van der Waals surface area (Å²) in [6.07, 6.45) is -4.48. The van der Waals surface area contributed by atoms with Gasteiger partial charge in [0.15, 0.2) is 0 Å². The van der Waals surface area contributed by atoms with Crippen LogP contribution in [0.15, 0.2) is 47.0 Å².